The fourth-order valence-corrected chi connectivity index (χ4v) is 2.45. The average Bonchev–Trinajstić information content (AvgIpc) is 2.41. The van der Waals surface area contributed by atoms with Gasteiger partial charge < -0.3 is 10.6 Å². The predicted molar refractivity (Wildman–Crippen MR) is 90.9 cm³/mol. The zero-order chi connectivity index (χ0) is 14.7. The Bertz CT molecular complexity index is 626. The van der Waals surface area contributed by atoms with Crippen LogP contribution in [0.2, 0.25) is 10.0 Å². The van der Waals surface area contributed by atoms with Gasteiger partial charge in [-0.3, -0.25) is 0 Å². The number of benzene rings is 2. The summed E-state index contributed by atoms with van der Waals surface area (Å²) in [5, 5.41) is 1.35. The Morgan fingerprint density at radius 2 is 1.70 bits per heavy atom. The monoisotopic (exact) mass is 324 g/mol. The molecule has 104 valence electrons. The van der Waals surface area contributed by atoms with Crippen molar-refractivity contribution in [3.05, 3.63) is 63.6 Å². The molecule has 2 N–H and O–H groups in total. The first-order valence-electron chi connectivity index (χ1n) is 6.02. The van der Waals surface area contributed by atoms with E-state index in [2.05, 4.69) is 4.90 Å². The molecular weight excluding hydrogens is 311 g/mol. The fourth-order valence-electron chi connectivity index (χ4n) is 1.99. The van der Waals surface area contributed by atoms with Gasteiger partial charge in [-0.15, -0.1) is 0 Å². The molecule has 0 unspecified atom stereocenters. The van der Waals surface area contributed by atoms with E-state index < -0.39 is 0 Å². The third kappa shape index (κ3) is 3.63. The van der Waals surface area contributed by atoms with Crippen molar-refractivity contribution in [2.45, 2.75) is 6.54 Å². The maximum absolute atomic E-state index is 5.99. The molecule has 2 aromatic carbocycles. The lowest BCUT2D eigenvalue weighted by atomic mass is 10.1. The Kier molecular flexibility index (Phi) is 4.86. The van der Waals surface area contributed by atoms with Gasteiger partial charge in [-0.25, -0.2) is 0 Å². The number of hydrogen-bond donors (Lipinski definition) is 1. The van der Waals surface area contributed by atoms with Gasteiger partial charge in [0.2, 0.25) is 0 Å². The summed E-state index contributed by atoms with van der Waals surface area (Å²) in [6.45, 7) is 0.731. The molecule has 0 aliphatic heterocycles. The average molecular weight is 325 g/mol. The molecule has 0 amide bonds. The van der Waals surface area contributed by atoms with Crippen LogP contribution in [0.5, 0.6) is 0 Å². The van der Waals surface area contributed by atoms with Crippen LogP contribution < -0.4 is 10.6 Å². The highest BCUT2D eigenvalue weighted by atomic mass is 35.5. The highest BCUT2D eigenvalue weighted by molar-refractivity contribution is 7.80. The van der Waals surface area contributed by atoms with Crippen LogP contribution in [0, 0.1) is 0 Å². The summed E-state index contributed by atoms with van der Waals surface area (Å²) < 4.78 is 0. The number of anilines is 1. The third-order valence-electron chi connectivity index (χ3n) is 2.97. The fraction of sp³-hybridized carbons (Fsp3) is 0.133. The molecule has 2 aromatic rings. The zero-order valence-corrected chi connectivity index (χ0v) is 13.3. The molecule has 0 heterocycles. The van der Waals surface area contributed by atoms with E-state index >= 15 is 0 Å². The molecule has 0 spiro atoms. The maximum Gasteiger partial charge on any atom is 0.106 e. The molecule has 0 aromatic heterocycles. The van der Waals surface area contributed by atoms with Crippen molar-refractivity contribution in [2.24, 2.45) is 5.73 Å². The standard InChI is InChI=1S/C15H14Cl2N2S/c1-19(9-10-2-4-11(16)5-3-10)14-7-6-12(17)8-13(14)15(18)20/h2-8H,9H2,1H3,(H2,18,20). The molecule has 0 aliphatic carbocycles. The molecule has 2 nitrogen and oxygen atoms in total. The minimum Gasteiger partial charge on any atom is -0.389 e. The van der Waals surface area contributed by atoms with E-state index in [1.165, 1.54) is 0 Å². The Labute approximate surface area is 134 Å². The van der Waals surface area contributed by atoms with Gasteiger partial charge >= 0.3 is 0 Å². The lowest BCUT2D eigenvalue weighted by molar-refractivity contribution is 0.922. The van der Waals surface area contributed by atoms with E-state index in [0.29, 0.717) is 10.0 Å². The Hall–Kier alpha value is -1.29. The summed E-state index contributed by atoms with van der Waals surface area (Å²) in [5.74, 6) is 0. The van der Waals surface area contributed by atoms with E-state index in [1.807, 2.05) is 43.4 Å². The largest absolute Gasteiger partial charge is 0.389 e. The predicted octanol–water partition coefficient (Wildman–Crippen LogP) is 4.26. The summed E-state index contributed by atoms with van der Waals surface area (Å²) in [5.41, 5.74) is 8.65. The molecule has 0 atom stereocenters. The first-order valence-corrected chi connectivity index (χ1v) is 7.18. The van der Waals surface area contributed by atoms with Gasteiger partial charge in [0.15, 0.2) is 0 Å². The third-order valence-corrected chi connectivity index (χ3v) is 3.68. The second-order valence-electron chi connectivity index (χ2n) is 4.51. The minimum atomic E-state index is 0.338. The molecule has 0 bridgehead atoms. The smallest absolute Gasteiger partial charge is 0.106 e. The van der Waals surface area contributed by atoms with E-state index in [1.54, 1.807) is 6.07 Å². The summed E-state index contributed by atoms with van der Waals surface area (Å²) in [6, 6.07) is 13.3. The summed E-state index contributed by atoms with van der Waals surface area (Å²) in [6.07, 6.45) is 0. The van der Waals surface area contributed by atoms with E-state index in [9.17, 15) is 0 Å². The van der Waals surface area contributed by atoms with Crippen LogP contribution in [0.15, 0.2) is 42.5 Å². The second-order valence-corrected chi connectivity index (χ2v) is 5.82. The molecule has 0 radical (unpaired) electrons. The van der Waals surface area contributed by atoms with Crippen LogP contribution in [0.4, 0.5) is 5.69 Å². The molecule has 0 aliphatic rings. The summed E-state index contributed by atoms with van der Waals surface area (Å²) >= 11 is 17.0. The number of hydrogen-bond acceptors (Lipinski definition) is 2. The van der Waals surface area contributed by atoms with Crippen molar-refractivity contribution in [3.63, 3.8) is 0 Å². The number of rotatable bonds is 4. The quantitative estimate of drug-likeness (QED) is 0.852. The Morgan fingerprint density at radius 1 is 1.10 bits per heavy atom. The van der Waals surface area contributed by atoms with Gasteiger partial charge in [-0.2, -0.15) is 0 Å². The minimum absolute atomic E-state index is 0.338. The van der Waals surface area contributed by atoms with E-state index in [0.717, 1.165) is 28.4 Å². The molecule has 2 rings (SSSR count). The highest BCUT2D eigenvalue weighted by Gasteiger charge is 2.11. The summed E-state index contributed by atoms with van der Waals surface area (Å²) in [7, 11) is 1.99. The number of nitrogens with two attached hydrogens (primary N) is 1. The first kappa shape index (κ1) is 15.1. The zero-order valence-electron chi connectivity index (χ0n) is 10.9. The van der Waals surface area contributed by atoms with Crippen molar-refractivity contribution >= 4 is 46.1 Å². The topological polar surface area (TPSA) is 29.3 Å². The molecule has 0 saturated heterocycles. The van der Waals surface area contributed by atoms with Gasteiger partial charge in [-0.05, 0) is 35.9 Å². The van der Waals surface area contributed by atoms with Crippen LogP contribution >= 0.6 is 35.4 Å². The van der Waals surface area contributed by atoms with Crippen LogP contribution in [-0.2, 0) is 6.54 Å². The van der Waals surface area contributed by atoms with E-state index in [-0.39, 0.29) is 0 Å². The lowest BCUT2D eigenvalue weighted by Crippen LogP contribution is -2.21. The highest BCUT2D eigenvalue weighted by Crippen LogP contribution is 2.25. The van der Waals surface area contributed by atoms with Crippen LogP contribution in [0.3, 0.4) is 0 Å². The number of halogens is 2. The first-order chi connectivity index (χ1) is 9.47. The van der Waals surface area contributed by atoms with Crippen molar-refractivity contribution in [1.29, 1.82) is 0 Å². The van der Waals surface area contributed by atoms with Crippen LogP contribution in [0.25, 0.3) is 0 Å². The maximum atomic E-state index is 5.99. The van der Waals surface area contributed by atoms with Gasteiger partial charge in [-0.1, -0.05) is 47.6 Å². The van der Waals surface area contributed by atoms with Crippen molar-refractivity contribution in [2.75, 3.05) is 11.9 Å². The normalized spacial score (nSPS) is 10.3. The number of nitrogens with zero attached hydrogens (tertiary/aromatic N) is 1. The Balaban J connectivity index is 2.27. The van der Waals surface area contributed by atoms with Gasteiger partial charge in [0, 0.05) is 34.9 Å². The van der Waals surface area contributed by atoms with Gasteiger partial charge in [0.1, 0.15) is 4.99 Å². The number of thiocarbonyl (C=S) groups is 1. The van der Waals surface area contributed by atoms with Crippen LogP contribution in [-0.4, -0.2) is 12.0 Å². The molecule has 5 heteroatoms. The molecular formula is C15H14Cl2N2S. The van der Waals surface area contributed by atoms with Crippen molar-refractivity contribution < 1.29 is 0 Å². The van der Waals surface area contributed by atoms with Gasteiger partial charge in [0.05, 0.1) is 0 Å². The SMILES string of the molecule is CN(Cc1ccc(Cl)cc1)c1ccc(Cl)cc1C(N)=S. The second kappa shape index (κ2) is 6.44. The molecule has 0 fully saturated rings. The Morgan fingerprint density at radius 3 is 2.30 bits per heavy atom. The van der Waals surface area contributed by atoms with Crippen LogP contribution in [0.1, 0.15) is 11.1 Å². The van der Waals surface area contributed by atoms with E-state index in [4.69, 9.17) is 41.2 Å². The van der Waals surface area contributed by atoms with Gasteiger partial charge in [0.25, 0.3) is 0 Å². The lowest BCUT2D eigenvalue weighted by Gasteiger charge is -2.22. The van der Waals surface area contributed by atoms with Crippen molar-refractivity contribution in [1.82, 2.24) is 0 Å². The molecule has 20 heavy (non-hydrogen) atoms. The van der Waals surface area contributed by atoms with Crippen molar-refractivity contribution in [3.8, 4) is 0 Å². The molecule has 0 saturated carbocycles. The summed E-state index contributed by atoms with van der Waals surface area (Å²) in [4.78, 5) is 2.42.